The summed E-state index contributed by atoms with van der Waals surface area (Å²) in [4.78, 5) is 37.3. The van der Waals surface area contributed by atoms with Gasteiger partial charge in [-0.05, 0) is 30.8 Å². The molecule has 0 spiro atoms. The van der Waals surface area contributed by atoms with Crippen LogP contribution in [0, 0.1) is 0 Å². The third kappa shape index (κ3) is 4.02. The molecular weight excluding hydrogens is 294 g/mol. The van der Waals surface area contributed by atoms with E-state index in [1.165, 1.54) is 18.4 Å². The Bertz CT molecular complexity index is 517. The van der Waals surface area contributed by atoms with Crippen LogP contribution in [-0.2, 0) is 14.3 Å². The highest BCUT2D eigenvalue weighted by atomic mass is 32.1. The molecule has 114 valence electrons. The van der Waals surface area contributed by atoms with Crippen LogP contribution < -0.4 is 10.9 Å². The van der Waals surface area contributed by atoms with Gasteiger partial charge in [0.15, 0.2) is 0 Å². The summed E-state index contributed by atoms with van der Waals surface area (Å²) >= 11 is 1.29. The van der Waals surface area contributed by atoms with Crippen LogP contribution in [0.5, 0.6) is 0 Å². The fraction of sp³-hybridized carbons (Fsp3) is 0.462. The highest BCUT2D eigenvalue weighted by Crippen LogP contribution is 2.17. The molecule has 0 aromatic carbocycles. The van der Waals surface area contributed by atoms with Crippen LogP contribution >= 0.6 is 11.3 Å². The zero-order valence-electron chi connectivity index (χ0n) is 11.6. The van der Waals surface area contributed by atoms with Gasteiger partial charge in [0.1, 0.15) is 6.04 Å². The number of nitrogens with zero attached hydrogens (tertiary/aromatic N) is 1. The number of carbonyl (C=O) groups is 3. The van der Waals surface area contributed by atoms with E-state index in [1.54, 1.807) is 22.4 Å². The van der Waals surface area contributed by atoms with Crippen molar-refractivity contribution in [1.29, 1.82) is 0 Å². The Hall–Kier alpha value is -1.93. The molecule has 0 aliphatic carbocycles. The average Bonchev–Trinajstić information content (AvgIpc) is 3.15. The maximum absolute atomic E-state index is 11.8. The number of nitrogens with one attached hydrogen (secondary N) is 2. The first-order chi connectivity index (χ1) is 10.1. The first kappa shape index (κ1) is 15.5. The zero-order valence-corrected chi connectivity index (χ0v) is 12.4. The molecule has 0 radical (unpaired) electrons. The number of esters is 1. The maximum Gasteiger partial charge on any atom is 0.323 e. The number of rotatable bonds is 4. The lowest BCUT2D eigenvalue weighted by Gasteiger charge is -2.21. The number of ether oxygens (including phenoxy) is 1. The molecule has 1 aromatic rings. The summed E-state index contributed by atoms with van der Waals surface area (Å²) < 4.78 is 4.71. The van der Waals surface area contributed by atoms with Crippen LogP contribution in [0.4, 0.5) is 0 Å². The Labute approximate surface area is 126 Å². The third-order valence-electron chi connectivity index (χ3n) is 3.24. The largest absolute Gasteiger partial charge is 0.468 e. The second-order valence-electron chi connectivity index (χ2n) is 4.63. The smallest absolute Gasteiger partial charge is 0.323 e. The monoisotopic (exact) mass is 311 g/mol. The summed E-state index contributed by atoms with van der Waals surface area (Å²) in [6.07, 6.45) is 1.52. The summed E-state index contributed by atoms with van der Waals surface area (Å²) in [7, 11) is 1.33. The Balaban J connectivity index is 1.79. The molecule has 1 saturated heterocycles. The summed E-state index contributed by atoms with van der Waals surface area (Å²) in [6, 6.07) is 3.04. The summed E-state index contributed by atoms with van der Waals surface area (Å²) in [5.74, 6) is -1.05. The number of methoxy groups -OCH3 is 1. The van der Waals surface area contributed by atoms with Crippen molar-refractivity contribution in [2.75, 3.05) is 20.2 Å². The molecule has 1 atom stereocenters. The van der Waals surface area contributed by atoms with E-state index in [2.05, 4.69) is 10.9 Å². The predicted octanol–water partition coefficient (Wildman–Crippen LogP) is 0.147. The first-order valence-corrected chi connectivity index (χ1v) is 7.44. The van der Waals surface area contributed by atoms with E-state index in [4.69, 9.17) is 4.74 Å². The number of carbonyl (C=O) groups excluding carboxylic acids is 3. The normalized spacial score (nSPS) is 18.2. The van der Waals surface area contributed by atoms with E-state index >= 15 is 0 Å². The van der Waals surface area contributed by atoms with Gasteiger partial charge in [-0.25, -0.2) is 0 Å². The van der Waals surface area contributed by atoms with Gasteiger partial charge in [-0.15, -0.1) is 11.3 Å². The first-order valence-electron chi connectivity index (χ1n) is 6.56. The summed E-state index contributed by atoms with van der Waals surface area (Å²) in [5, 5.41) is 1.78. The van der Waals surface area contributed by atoms with Crippen LogP contribution in [0.1, 0.15) is 22.5 Å². The molecule has 1 unspecified atom stereocenters. The molecule has 2 rings (SSSR count). The second kappa shape index (κ2) is 7.19. The van der Waals surface area contributed by atoms with Crippen molar-refractivity contribution in [1.82, 2.24) is 15.8 Å². The van der Waals surface area contributed by atoms with Crippen molar-refractivity contribution in [3.8, 4) is 0 Å². The minimum atomic E-state index is -0.381. The predicted molar refractivity (Wildman–Crippen MR) is 76.5 cm³/mol. The van der Waals surface area contributed by atoms with E-state index in [0.29, 0.717) is 17.8 Å². The van der Waals surface area contributed by atoms with Crippen LogP contribution in [0.15, 0.2) is 17.5 Å². The van der Waals surface area contributed by atoms with Crippen molar-refractivity contribution >= 4 is 29.1 Å². The van der Waals surface area contributed by atoms with E-state index in [1.807, 2.05) is 0 Å². The fourth-order valence-electron chi connectivity index (χ4n) is 2.24. The van der Waals surface area contributed by atoms with Gasteiger partial charge in [0.2, 0.25) is 0 Å². The molecule has 0 saturated carbocycles. The zero-order chi connectivity index (χ0) is 15.2. The minimum Gasteiger partial charge on any atom is -0.468 e. The number of thiophene rings is 1. The maximum atomic E-state index is 11.8. The molecule has 21 heavy (non-hydrogen) atoms. The Morgan fingerprint density at radius 1 is 1.43 bits per heavy atom. The highest BCUT2D eigenvalue weighted by Gasteiger charge is 2.32. The molecule has 1 fully saturated rings. The molecular formula is C13H17N3O4S. The minimum absolute atomic E-state index is 0.0461. The lowest BCUT2D eigenvalue weighted by atomic mass is 10.2. The quantitative estimate of drug-likeness (QED) is 0.610. The van der Waals surface area contributed by atoms with E-state index in [-0.39, 0.29) is 30.4 Å². The number of amides is 2. The topological polar surface area (TPSA) is 87.7 Å². The van der Waals surface area contributed by atoms with Crippen molar-refractivity contribution < 1.29 is 19.1 Å². The number of hydrogen-bond acceptors (Lipinski definition) is 6. The number of hydrazine groups is 1. The van der Waals surface area contributed by atoms with Crippen molar-refractivity contribution in [3.63, 3.8) is 0 Å². The molecule has 2 amide bonds. The van der Waals surface area contributed by atoms with Gasteiger partial charge in [0.05, 0.1) is 18.5 Å². The summed E-state index contributed by atoms with van der Waals surface area (Å²) in [6.45, 7) is 0.705. The molecule has 1 aliphatic rings. The molecule has 1 aromatic heterocycles. The Morgan fingerprint density at radius 2 is 2.24 bits per heavy atom. The number of hydrogen-bond donors (Lipinski definition) is 2. The van der Waals surface area contributed by atoms with E-state index in [0.717, 1.165) is 6.42 Å². The Kier molecular flexibility index (Phi) is 5.29. The molecule has 8 heteroatoms. The highest BCUT2D eigenvalue weighted by molar-refractivity contribution is 7.12. The SMILES string of the molecule is COC(=O)C1CCCN1CC(=O)NNC(=O)c1cccs1. The fourth-order valence-corrected chi connectivity index (χ4v) is 2.86. The molecule has 1 aliphatic heterocycles. The molecule has 2 heterocycles. The van der Waals surface area contributed by atoms with Crippen LogP contribution in [0.2, 0.25) is 0 Å². The molecule has 7 nitrogen and oxygen atoms in total. The average molecular weight is 311 g/mol. The van der Waals surface area contributed by atoms with E-state index < -0.39 is 0 Å². The van der Waals surface area contributed by atoms with Crippen LogP contribution in [0.25, 0.3) is 0 Å². The standard InChI is InChI=1S/C13H17N3O4S/c1-20-13(19)9-4-2-6-16(9)8-11(17)14-15-12(18)10-5-3-7-21-10/h3,5,7,9H,2,4,6,8H2,1H3,(H,14,17)(H,15,18). The van der Waals surface area contributed by atoms with Crippen LogP contribution in [0.3, 0.4) is 0 Å². The van der Waals surface area contributed by atoms with Gasteiger partial charge < -0.3 is 4.74 Å². The lowest BCUT2D eigenvalue weighted by molar-refractivity contribution is -0.146. The van der Waals surface area contributed by atoms with Gasteiger partial charge in [0.25, 0.3) is 11.8 Å². The lowest BCUT2D eigenvalue weighted by Crippen LogP contribution is -2.48. The van der Waals surface area contributed by atoms with Gasteiger partial charge in [0, 0.05) is 0 Å². The van der Waals surface area contributed by atoms with E-state index in [9.17, 15) is 14.4 Å². The van der Waals surface area contributed by atoms with Crippen LogP contribution in [-0.4, -0.2) is 48.9 Å². The second-order valence-corrected chi connectivity index (χ2v) is 5.58. The summed E-state index contributed by atoms with van der Waals surface area (Å²) in [5.41, 5.74) is 4.70. The van der Waals surface area contributed by atoms with Gasteiger partial charge in [-0.1, -0.05) is 6.07 Å². The Morgan fingerprint density at radius 3 is 2.90 bits per heavy atom. The molecule has 0 bridgehead atoms. The van der Waals surface area contributed by atoms with Gasteiger partial charge in [-0.2, -0.15) is 0 Å². The van der Waals surface area contributed by atoms with Gasteiger partial charge in [-0.3, -0.25) is 30.1 Å². The van der Waals surface area contributed by atoms with Crippen molar-refractivity contribution in [2.45, 2.75) is 18.9 Å². The number of likely N-dealkylation sites (tertiary alicyclic amines) is 1. The van der Waals surface area contributed by atoms with Gasteiger partial charge >= 0.3 is 5.97 Å². The third-order valence-corrected chi connectivity index (χ3v) is 4.11. The molecule has 2 N–H and O–H groups in total. The van der Waals surface area contributed by atoms with Crippen molar-refractivity contribution in [3.05, 3.63) is 22.4 Å². The van der Waals surface area contributed by atoms with Crippen molar-refractivity contribution in [2.24, 2.45) is 0 Å².